The molecule has 0 radical (unpaired) electrons. The molecule has 1 heterocycles. The van der Waals surface area contributed by atoms with Gasteiger partial charge in [0.1, 0.15) is 6.54 Å². The molecule has 0 bridgehead atoms. The highest BCUT2D eigenvalue weighted by atomic mass is 16.5. The van der Waals surface area contributed by atoms with Gasteiger partial charge in [0, 0.05) is 18.4 Å². The van der Waals surface area contributed by atoms with Gasteiger partial charge in [0.05, 0.1) is 6.61 Å². The highest BCUT2D eigenvalue weighted by Gasteiger charge is 2.12. The molecule has 18 heavy (non-hydrogen) atoms. The van der Waals surface area contributed by atoms with Crippen molar-refractivity contribution >= 4 is 5.97 Å². The van der Waals surface area contributed by atoms with Crippen LogP contribution < -0.4 is 5.73 Å². The van der Waals surface area contributed by atoms with Gasteiger partial charge in [0.15, 0.2) is 0 Å². The van der Waals surface area contributed by atoms with Crippen LogP contribution in [-0.4, -0.2) is 17.1 Å². The lowest BCUT2D eigenvalue weighted by Gasteiger charge is -2.13. The molecule has 0 aliphatic carbocycles. The lowest BCUT2D eigenvalue weighted by molar-refractivity contribution is -0.144. The zero-order chi connectivity index (χ0) is 13.5. The van der Waals surface area contributed by atoms with Crippen LogP contribution in [0.25, 0.3) is 0 Å². The van der Waals surface area contributed by atoms with Crippen LogP contribution in [0.5, 0.6) is 0 Å². The van der Waals surface area contributed by atoms with E-state index in [1.54, 1.807) is 0 Å². The van der Waals surface area contributed by atoms with E-state index in [1.165, 1.54) is 0 Å². The van der Waals surface area contributed by atoms with Gasteiger partial charge in [-0.3, -0.25) is 4.79 Å². The minimum absolute atomic E-state index is 0.0161. The maximum atomic E-state index is 11.5. The Morgan fingerprint density at radius 1 is 1.50 bits per heavy atom. The summed E-state index contributed by atoms with van der Waals surface area (Å²) < 4.78 is 6.94. The molecule has 0 saturated heterocycles. The van der Waals surface area contributed by atoms with Gasteiger partial charge in [-0.15, -0.1) is 0 Å². The number of nitrogens with two attached hydrogens (primary N) is 1. The third kappa shape index (κ3) is 4.53. The second-order valence-electron chi connectivity index (χ2n) is 4.96. The monoisotopic (exact) mass is 252 g/mol. The lowest BCUT2D eigenvalue weighted by Crippen LogP contribution is -2.16. The number of carbonyl (C=O) groups is 1. The summed E-state index contributed by atoms with van der Waals surface area (Å²) in [6.07, 6.45) is 5.75. The molecule has 1 aromatic heterocycles. The molecular formula is C14H24N2O2. The molecule has 0 spiro atoms. The summed E-state index contributed by atoms with van der Waals surface area (Å²) in [5.41, 5.74) is 7.11. The van der Waals surface area contributed by atoms with Crippen LogP contribution in [0.1, 0.15) is 45.2 Å². The molecule has 1 unspecified atom stereocenters. The van der Waals surface area contributed by atoms with E-state index in [1.807, 2.05) is 23.0 Å². The molecule has 0 aromatic carbocycles. The molecule has 4 heteroatoms. The number of rotatable bonds is 7. The largest absolute Gasteiger partial charge is 0.464 e. The van der Waals surface area contributed by atoms with Gasteiger partial charge in [0.2, 0.25) is 0 Å². The highest BCUT2D eigenvalue weighted by Crippen LogP contribution is 2.18. The van der Waals surface area contributed by atoms with E-state index in [4.69, 9.17) is 10.5 Å². The van der Waals surface area contributed by atoms with Gasteiger partial charge in [-0.2, -0.15) is 0 Å². The number of carbonyl (C=O) groups excluding carboxylic acids is 1. The second-order valence-corrected chi connectivity index (χ2v) is 4.96. The zero-order valence-corrected chi connectivity index (χ0v) is 11.6. The van der Waals surface area contributed by atoms with Crippen LogP contribution in [-0.2, 0) is 16.1 Å². The van der Waals surface area contributed by atoms with E-state index in [0.29, 0.717) is 12.5 Å². The van der Waals surface area contributed by atoms with E-state index in [0.717, 1.165) is 18.4 Å². The summed E-state index contributed by atoms with van der Waals surface area (Å²) in [6.45, 7) is 7.00. The van der Waals surface area contributed by atoms with Crippen molar-refractivity contribution in [2.24, 2.45) is 11.7 Å². The molecule has 2 N–H and O–H groups in total. The first-order chi connectivity index (χ1) is 8.54. The SMILES string of the molecule is CCCCOC(=O)Cn1ccc(C(N)C(C)C)c1. The minimum atomic E-state index is -0.191. The van der Waals surface area contributed by atoms with Gasteiger partial charge in [0.25, 0.3) is 0 Å². The van der Waals surface area contributed by atoms with E-state index in [-0.39, 0.29) is 18.6 Å². The minimum Gasteiger partial charge on any atom is -0.464 e. The molecule has 0 fully saturated rings. The summed E-state index contributed by atoms with van der Waals surface area (Å²) >= 11 is 0. The maximum absolute atomic E-state index is 11.5. The third-order valence-electron chi connectivity index (χ3n) is 2.95. The summed E-state index contributed by atoms with van der Waals surface area (Å²) in [5, 5.41) is 0. The van der Waals surface area contributed by atoms with Crippen LogP contribution >= 0.6 is 0 Å². The number of ether oxygens (including phenoxy) is 1. The summed E-state index contributed by atoms with van der Waals surface area (Å²) in [6, 6.07) is 1.98. The van der Waals surface area contributed by atoms with Crippen LogP contribution in [0.3, 0.4) is 0 Å². The molecule has 1 aromatic rings. The first kappa shape index (κ1) is 14.8. The Morgan fingerprint density at radius 3 is 2.83 bits per heavy atom. The van der Waals surface area contributed by atoms with Crippen molar-refractivity contribution in [1.29, 1.82) is 0 Å². The van der Waals surface area contributed by atoms with Crippen molar-refractivity contribution in [2.45, 2.75) is 46.2 Å². The fraction of sp³-hybridized carbons (Fsp3) is 0.643. The number of esters is 1. The van der Waals surface area contributed by atoms with Gasteiger partial charge in [-0.1, -0.05) is 27.2 Å². The normalized spacial score (nSPS) is 12.7. The number of nitrogens with zero attached hydrogens (tertiary/aromatic N) is 1. The van der Waals surface area contributed by atoms with Gasteiger partial charge in [-0.25, -0.2) is 0 Å². The summed E-state index contributed by atoms with van der Waals surface area (Å²) in [5.74, 6) is 0.195. The van der Waals surface area contributed by atoms with Crippen molar-refractivity contribution in [3.05, 3.63) is 24.0 Å². The molecule has 4 nitrogen and oxygen atoms in total. The number of hydrogen-bond acceptors (Lipinski definition) is 3. The number of aromatic nitrogens is 1. The van der Waals surface area contributed by atoms with Crippen molar-refractivity contribution in [2.75, 3.05) is 6.61 Å². The van der Waals surface area contributed by atoms with Crippen molar-refractivity contribution in [3.63, 3.8) is 0 Å². The molecule has 0 amide bonds. The Kier molecular flexibility index (Phi) is 5.92. The average Bonchev–Trinajstić information content (AvgIpc) is 2.76. The van der Waals surface area contributed by atoms with Crippen molar-refractivity contribution in [1.82, 2.24) is 4.57 Å². The molecule has 0 saturated carbocycles. The molecule has 1 rings (SSSR count). The third-order valence-corrected chi connectivity index (χ3v) is 2.95. The Hall–Kier alpha value is -1.29. The van der Waals surface area contributed by atoms with E-state index < -0.39 is 0 Å². The fourth-order valence-electron chi connectivity index (χ4n) is 1.66. The van der Waals surface area contributed by atoms with Crippen LogP contribution in [0, 0.1) is 5.92 Å². The lowest BCUT2D eigenvalue weighted by atomic mass is 10.00. The second kappa shape index (κ2) is 7.21. The van der Waals surface area contributed by atoms with Gasteiger partial charge in [-0.05, 0) is 24.0 Å². The number of hydrogen-bond donors (Lipinski definition) is 1. The first-order valence-corrected chi connectivity index (χ1v) is 6.61. The van der Waals surface area contributed by atoms with E-state index >= 15 is 0 Å². The Balaban J connectivity index is 2.46. The van der Waals surface area contributed by atoms with Crippen molar-refractivity contribution < 1.29 is 9.53 Å². The highest BCUT2D eigenvalue weighted by molar-refractivity contribution is 5.69. The van der Waals surface area contributed by atoms with Gasteiger partial charge >= 0.3 is 5.97 Å². The Morgan fingerprint density at radius 2 is 2.22 bits per heavy atom. The molecule has 0 aliphatic heterocycles. The van der Waals surface area contributed by atoms with Crippen LogP contribution in [0.15, 0.2) is 18.5 Å². The quantitative estimate of drug-likeness (QED) is 0.599. The van der Waals surface area contributed by atoms with Crippen molar-refractivity contribution in [3.8, 4) is 0 Å². The maximum Gasteiger partial charge on any atom is 0.325 e. The van der Waals surface area contributed by atoms with E-state index in [2.05, 4.69) is 20.8 Å². The molecule has 0 aliphatic rings. The zero-order valence-electron chi connectivity index (χ0n) is 11.6. The Bertz CT molecular complexity index is 372. The topological polar surface area (TPSA) is 57.2 Å². The molecular weight excluding hydrogens is 228 g/mol. The number of unbranched alkanes of at least 4 members (excludes halogenated alkanes) is 1. The van der Waals surface area contributed by atoms with Crippen LogP contribution in [0.2, 0.25) is 0 Å². The van der Waals surface area contributed by atoms with E-state index in [9.17, 15) is 4.79 Å². The van der Waals surface area contributed by atoms with Crippen LogP contribution in [0.4, 0.5) is 0 Å². The van der Waals surface area contributed by atoms with Gasteiger partial charge < -0.3 is 15.0 Å². The first-order valence-electron chi connectivity index (χ1n) is 6.61. The standard InChI is InChI=1S/C14H24N2O2/c1-4-5-8-18-13(17)10-16-7-6-12(9-16)14(15)11(2)3/h6-7,9,11,14H,4-5,8,10,15H2,1-3H3. The average molecular weight is 252 g/mol. The Labute approximate surface area is 109 Å². The molecule has 102 valence electrons. The summed E-state index contributed by atoms with van der Waals surface area (Å²) in [7, 11) is 0. The predicted molar refractivity (Wildman–Crippen MR) is 72.1 cm³/mol. The summed E-state index contributed by atoms with van der Waals surface area (Å²) in [4.78, 5) is 11.5. The smallest absolute Gasteiger partial charge is 0.325 e. The fourth-order valence-corrected chi connectivity index (χ4v) is 1.66. The predicted octanol–water partition coefficient (Wildman–Crippen LogP) is 2.49. The molecule has 1 atom stereocenters.